The molecule has 0 fully saturated rings. The van der Waals surface area contributed by atoms with Crippen molar-refractivity contribution in [2.24, 2.45) is 11.8 Å². The van der Waals surface area contributed by atoms with Crippen molar-refractivity contribution in [1.29, 1.82) is 0 Å². The number of aromatic nitrogens is 1. The first-order valence-corrected chi connectivity index (χ1v) is 10.9. The predicted molar refractivity (Wildman–Crippen MR) is 114 cm³/mol. The Kier molecular flexibility index (Phi) is 7.51. The summed E-state index contributed by atoms with van der Waals surface area (Å²) in [7, 11) is 0. The van der Waals surface area contributed by atoms with Gasteiger partial charge in [-0.25, -0.2) is 9.17 Å². The minimum absolute atomic E-state index is 0.0844. The van der Waals surface area contributed by atoms with Gasteiger partial charge in [-0.15, -0.1) is 0 Å². The van der Waals surface area contributed by atoms with Crippen LogP contribution in [0.4, 0.5) is 4.79 Å². The fourth-order valence-electron chi connectivity index (χ4n) is 3.41. The number of nitrogens with zero attached hydrogens (tertiary/aromatic N) is 1. The van der Waals surface area contributed by atoms with Crippen molar-refractivity contribution in [2.45, 2.75) is 45.9 Å². The molecule has 2 N–H and O–H groups in total. The van der Waals surface area contributed by atoms with E-state index in [1.54, 1.807) is 20.0 Å². The number of carbonyl (C=O) groups excluding carboxylic acids is 4. The van der Waals surface area contributed by atoms with Gasteiger partial charge < -0.3 is 15.4 Å². The molecule has 8 nitrogen and oxygen atoms in total. The molecule has 2 amide bonds. The van der Waals surface area contributed by atoms with Crippen LogP contribution >= 0.6 is 11.5 Å². The van der Waals surface area contributed by atoms with Crippen LogP contribution in [0.3, 0.4) is 0 Å². The van der Waals surface area contributed by atoms with Crippen LogP contribution in [-0.4, -0.2) is 34.0 Å². The van der Waals surface area contributed by atoms with E-state index in [0.717, 1.165) is 16.0 Å². The zero-order chi connectivity index (χ0) is 22.4. The molecule has 2 heterocycles. The number of alkyl carbamates (subject to hydrolysis) is 1. The van der Waals surface area contributed by atoms with Crippen molar-refractivity contribution in [3.8, 4) is 0 Å². The highest BCUT2D eigenvalue weighted by Crippen LogP contribution is 2.24. The standard InChI is InChI=1S/C22H25N3O5S/c1-13(2)19(25-22(29)30-12-14-6-4-3-5-7-14)17(26)8-15-9-18-16(11-24-31-18)10-23-21(28)20(15)27/h3-7,11,13,15,19H,8-10,12H2,1-2H3,(H,23,28)(H,25,29). The summed E-state index contributed by atoms with van der Waals surface area (Å²) >= 11 is 1.26. The first-order valence-electron chi connectivity index (χ1n) is 10.1. The van der Waals surface area contributed by atoms with Crippen molar-refractivity contribution < 1.29 is 23.9 Å². The van der Waals surface area contributed by atoms with Crippen LogP contribution in [0, 0.1) is 11.8 Å². The summed E-state index contributed by atoms with van der Waals surface area (Å²) < 4.78 is 9.34. The highest BCUT2D eigenvalue weighted by atomic mass is 32.1. The van der Waals surface area contributed by atoms with Crippen molar-refractivity contribution >= 4 is 35.1 Å². The van der Waals surface area contributed by atoms with E-state index >= 15 is 0 Å². The number of nitrogens with one attached hydrogen (secondary N) is 2. The highest BCUT2D eigenvalue weighted by molar-refractivity contribution is 7.05. The van der Waals surface area contributed by atoms with E-state index in [0.29, 0.717) is 0 Å². The Morgan fingerprint density at radius 3 is 2.71 bits per heavy atom. The van der Waals surface area contributed by atoms with Gasteiger partial charge in [-0.1, -0.05) is 44.2 Å². The predicted octanol–water partition coefficient (Wildman–Crippen LogP) is 2.41. The number of hydrogen-bond donors (Lipinski definition) is 2. The van der Waals surface area contributed by atoms with E-state index in [2.05, 4.69) is 15.0 Å². The summed E-state index contributed by atoms with van der Waals surface area (Å²) in [4.78, 5) is 50.8. The molecule has 2 atom stereocenters. The quantitative estimate of drug-likeness (QED) is 0.635. The maximum absolute atomic E-state index is 13.0. The van der Waals surface area contributed by atoms with Crippen molar-refractivity contribution in [1.82, 2.24) is 15.0 Å². The number of rotatable bonds is 7. The summed E-state index contributed by atoms with van der Waals surface area (Å²) in [5, 5.41) is 5.19. The van der Waals surface area contributed by atoms with E-state index in [4.69, 9.17) is 4.74 Å². The van der Waals surface area contributed by atoms with Crippen molar-refractivity contribution in [3.63, 3.8) is 0 Å². The van der Waals surface area contributed by atoms with Crippen LogP contribution in [0.25, 0.3) is 0 Å². The number of ketones is 2. The molecule has 0 saturated carbocycles. The molecular weight excluding hydrogens is 418 g/mol. The highest BCUT2D eigenvalue weighted by Gasteiger charge is 2.34. The second-order valence-corrected chi connectivity index (χ2v) is 8.71. The molecule has 0 aliphatic carbocycles. The van der Waals surface area contributed by atoms with Gasteiger partial charge in [0.2, 0.25) is 5.78 Å². The lowest BCUT2D eigenvalue weighted by Crippen LogP contribution is -2.46. The molecule has 1 aromatic carbocycles. The first-order chi connectivity index (χ1) is 14.8. The minimum atomic E-state index is -0.828. The van der Waals surface area contributed by atoms with Gasteiger partial charge in [-0.05, 0) is 29.4 Å². The molecule has 1 aromatic heterocycles. The van der Waals surface area contributed by atoms with Gasteiger partial charge in [0.25, 0.3) is 5.91 Å². The third kappa shape index (κ3) is 5.97. The van der Waals surface area contributed by atoms with Gasteiger partial charge in [0.05, 0.1) is 6.04 Å². The molecule has 31 heavy (non-hydrogen) atoms. The molecule has 0 saturated heterocycles. The fraction of sp³-hybridized carbons (Fsp3) is 0.409. The van der Waals surface area contributed by atoms with Crippen LogP contribution in [-0.2, 0) is 38.7 Å². The van der Waals surface area contributed by atoms with Crippen LogP contribution in [0.1, 0.15) is 36.3 Å². The Balaban J connectivity index is 1.64. The lowest BCUT2D eigenvalue weighted by molar-refractivity contribution is -0.141. The maximum Gasteiger partial charge on any atom is 0.408 e. The molecule has 3 rings (SSSR count). The molecule has 164 valence electrons. The van der Waals surface area contributed by atoms with E-state index in [1.165, 1.54) is 11.5 Å². The Bertz CT molecular complexity index is 957. The summed E-state index contributed by atoms with van der Waals surface area (Å²) in [5.74, 6) is -2.65. The Hall–Kier alpha value is -3.07. The third-order valence-electron chi connectivity index (χ3n) is 5.14. The van der Waals surface area contributed by atoms with Gasteiger partial charge in [0.1, 0.15) is 6.61 Å². The maximum atomic E-state index is 13.0. The van der Waals surface area contributed by atoms with E-state index in [9.17, 15) is 19.2 Å². The van der Waals surface area contributed by atoms with Gasteiger partial charge in [0.15, 0.2) is 5.78 Å². The van der Waals surface area contributed by atoms with Crippen LogP contribution in [0.2, 0.25) is 0 Å². The number of amides is 2. The number of ether oxygens (including phenoxy) is 1. The molecular formula is C22H25N3O5S. The summed E-state index contributed by atoms with van der Waals surface area (Å²) in [6.45, 7) is 3.93. The average molecular weight is 444 g/mol. The summed E-state index contributed by atoms with van der Waals surface area (Å²) in [5.41, 5.74) is 1.68. The molecule has 0 radical (unpaired) electrons. The largest absolute Gasteiger partial charge is 0.445 e. The van der Waals surface area contributed by atoms with E-state index in [1.807, 2.05) is 30.3 Å². The number of Topliss-reactive ketones (excluding diaryl/α,β-unsaturated/α-hetero) is 2. The van der Waals surface area contributed by atoms with Crippen LogP contribution in [0.5, 0.6) is 0 Å². The Morgan fingerprint density at radius 1 is 1.26 bits per heavy atom. The number of hydrogen-bond acceptors (Lipinski definition) is 7. The van der Waals surface area contributed by atoms with Crippen molar-refractivity contribution in [2.75, 3.05) is 0 Å². The lowest BCUT2D eigenvalue weighted by Gasteiger charge is -2.24. The fourth-order valence-corrected chi connectivity index (χ4v) is 4.23. The van der Waals surface area contributed by atoms with Crippen molar-refractivity contribution in [3.05, 3.63) is 52.5 Å². The Labute approximate surface area is 184 Å². The van der Waals surface area contributed by atoms with Gasteiger partial charge >= 0.3 is 6.09 Å². The normalized spacial score (nSPS) is 17.2. The van der Waals surface area contributed by atoms with Gasteiger partial charge in [-0.3, -0.25) is 14.4 Å². The molecule has 9 heteroatoms. The minimum Gasteiger partial charge on any atom is -0.445 e. The third-order valence-corrected chi connectivity index (χ3v) is 6.00. The molecule has 2 aromatic rings. The van der Waals surface area contributed by atoms with E-state index < -0.39 is 29.7 Å². The van der Waals surface area contributed by atoms with Crippen LogP contribution in [0.15, 0.2) is 36.5 Å². The van der Waals surface area contributed by atoms with Gasteiger partial charge in [0, 0.05) is 35.5 Å². The van der Waals surface area contributed by atoms with Crippen LogP contribution < -0.4 is 10.6 Å². The second kappa shape index (κ2) is 10.3. The number of benzene rings is 1. The molecule has 1 aliphatic heterocycles. The summed E-state index contributed by atoms with van der Waals surface area (Å²) in [6.07, 6.45) is 1.09. The monoisotopic (exact) mass is 443 g/mol. The summed E-state index contributed by atoms with van der Waals surface area (Å²) in [6, 6.07) is 8.38. The zero-order valence-corrected chi connectivity index (χ0v) is 18.2. The molecule has 0 bridgehead atoms. The molecule has 2 unspecified atom stereocenters. The second-order valence-electron chi connectivity index (χ2n) is 7.82. The lowest BCUT2D eigenvalue weighted by atomic mass is 9.86. The first kappa shape index (κ1) is 22.6. The van der Waals surface area contributed by atoms with Gasteiger partial charge in [-0.2, -0.15) is 0 Å². The van der Waals surface area contributed by atoms with E-state index in [-0.39, 0.29) is 37.7 Å². The molecule has 1 aliphatic rings. The number of carbonyl (C=O) groups is 4. The zero-order valence-electron chi connectivity index (χ0n) is 17.4. The smallest absolute Gasteiger partial charge is 0.408 e. The number of fused-ring (bicyclic) bond motifs is 1. The average Bonchev–Trinajstić information content (AvgIpc) is 3.19. The molecule has 0 spiro atoms. The SMILES string of the molecule is CC(C)C(NC(=O)OCc1ccccc1)C(=O)CC1Cc2sncc2CNC(=O)C1=O. The topological polar surface area (TPSA) is 114 Å². The Morgan fingerprint density at radius 2 is 2.00 bits per heavy atom.